The number of aliphatic hydroxyl groups excluding tert-OH is 1. The van der Waals surface area contributed by atoms with Gasteiger partial charge in [0.05, 0.1) is 17.6 Å². The molecule has 186 valence electrons. The van der Waals surface area contributed by atoms with Crippen LogP contribution in [0.2, 0.25) is 0 Å². The van der Waals surface area contributed by atoms with Crippen molar-refractivity contribution < 1.29 is 19.7 Å². The third kappa shape index (κ3) is 3.94. The van der Waals surface area contributed by atoms with Crippen LogP contribution < -0.4 is 15.8 Å². The van der Waals surface area contributed by atoms with Crippen LogP contribution in [0.1, 0.15) is 79.2 Å². The number of rotatable bonds is 5. The highest BCUT2D eigenvalue weighted by molar-refractivity contribution is 5.95. The van der Waals surface area contributed by atoms with Crippen LogP contribution in [0.5, 0.6) is 5.75 Å². The number of ether oxygens (including phenoxy) is 1. The average Bonchev–Trinajstić information content (AvgIpc) is 2.83. The molecule has 1 aliphatic carbocycles. The van der Waals surface area contributed by atoms with Crippen molar-refractivity contribution in [3.8, 4) is 5.75 Å². The molecule has 0 bridgehead atoms. The van der Waals surface area contributed by atoms with E-state index in [0.29, 0.717) is 23.7 Å². The highest BCUT2D eigenvalue weighted by Gasteiger charge is 2.44. The number of carbonyl (C=O) groups excluding carboxylic acids is 1. The Bertz CT molecular complexity index is 1170. The van der Waals surface area contributed by atoms with Gasteiger partial charge in [-0.2, -0.15) is 0 Å². The SMILES string of the molecule is CCC1(CC)CC(O)N(C2Cc3ccc(C(=O)N[C@@H]4c5ccccc5OC[C@@]4(C)O)cc32)C(N)=N1. The number of carbonyl (C=O) groups is 1. The minimum atomic E-state index is -1.25. The second-order valence-corrected chi connectivity index (χ2v) is 10.2. The van der Waals surface area contributed by atoms with Crippen LogP contribution in [0.15, 0.2) is 47.5 Å². The van der Waals surface area contributed by atoms with Crippen LogP contribution in [-0.2, 0) is 6.42 Å². The number of aliphatic imine (C=N–C) groups is 1. The summed E-state index contributed by atoms with van der Waals surface area (Å²) in [7, 11) is 0. The zero-order valence-electron chi connectivity index (χ0n) is 20.5. The zero-order valence-corrected chi connectivity index (χ0v) is 20.5. The van der Waals surface area contributed by atoms with Crippen molar-refractivity contribution in [1.29, 1.82) is 0 Å². The number of guanidine groups is 1. The van der Waals surface area contributed by atoms with Crippen molar-refractivity contribution in [2.24, 2.45) is 10.7 Å². The number of nitrogens with two attached hydrogens (primary N) is 1. The number of fused-ring (bicyclic) bond motifs is 2. The van der Waals surface area contributed by atoms with Gasteiger partial charge in [0.15, 0.2) is 5.96 Å². The zero-order chi connectivity index (χ0) is 25.0. The Balaban J connectivity index is 1.39. The fourth-order valence-corrected chi connectivity index (χ4v) is 5.61. The number of amides is 1. The molecule has 2 aromatic carbocycles. The molecule has 35 heavy (non-hydrogen) atoms. The number of aliphatic hydroxyl groups is 2. The van der Waals surface area contributed by atoms with E-state index in [0.717, 1.165) is 36.0 Å². The molecule has 0 saturated carbocycles. The minimum Gasteiger partial charge on any atom is -0.490 e. The van der Waals surface area contributed by atoms with E-state index in [1.807, 2.05) is 36.4 Å². The second-order valence-electron chi connectivity index (χ2n) is 10.2. The summed E-state index contributed by atoms with van der Waals surface area (Å²) in [4.78, 5) is 19.9. The van der Waals surface area contributed by atoms with E-state index in [1.54, 1.807) is 17.9 Å². The van der Waals surface area contributed by atoms with E-state index >= 15 is 0 Å². The summed E-state index contributed by atoms with van der Waals surface area (Å²) < 4.78 is 5.68. The van der Waals surface area contributed by atoms with Crippen molar-refractivity contribution in [3.63, 3.8) is 0 Å². The molecule has 5 N–H and O–H groups in total. The van der Waals surface area contributed by atoms with Crippen LogP contribution in [0, 0.1) is 0 Å². The molecule has 5 rings (SSSR count). The second kappa shape index (κ2) is 8.53. The first-order valence-corrected chi connectivity index (χ1v) is 12.4. The topological polar surface area (TPSA) is 120 Å². The lowest BCUT2D eigenvalue weighted by Crippen LogP contribution is -2.56. The molecule has 0 spiro atoms. The van der Waals surface area contributed by atoms with Gasteiger partial charge in [-0.05, 0) is 55.5 Å². The van der Waals surface area contributed by atoms with Crippen LogP contribution in [0.25, 0.3) is 0 Å². The van der Waals surface area contributed by atoms with Gasteiger partial charge in [0.1, 0.15) is 24.2 Å². The van der Waals surface area contributed by atoms with Crippen molar-refractivity contribution in [2.75, 3.05) is 6.61 Å². The van der Waals surface area contributed by atoms with Gasteiger partial charge in [0.2, 0.25) is 0 Å². The average molecular weight is 479 g/mol. The normalized spacial score (nSPS) is 28.7. The first-order chi connectivity index (χ1) is 16.7. The minimum absolute atomic E-state index is 0.0870. The van der Waals surface area contributed by atoms with Crippen LogP contribution >= 0.6 is 0 Å². The summed E-state index contributed by atoms with van der Waals surface area (Å²) in [6.45, 7) is 5.89. The van der Waals surface area contributed by atoms with Gasteiger partial charge < -0.3 is 30.9 Å². The summed E-state index contributed by atoms with van der Waals surface area (Å²) in [6, 6.07) is 12.3. The van der Waals surface area contributed by atoms with Gasteiger partial charge in [-0.1, -0.05) is 38.1 Å². The molecule has 2 unspecified atom stereocenters. The van der Waals surface area contributed by atoms with E-state index in [4.69, 9.17) is 15.5 Å². The fourth-order valence-electron chi connectivity index (χ4n) is 5.61. The number of hydrogen-bond donors (Lipinski definition) is 4. The number of nitrogens with one attached hydrogen (secondary N) is 1. The quantitative estimate of drug-likeness (QED) is 0.525. The van der Waals surface area contributed by atoms with Crippen LogP contribution in [0.4, 0.5) is 0 Å². The Kier molecular flexibility index (Phi) is 5.76. The summed E-state index contributed by atoms with van der Waals surface area (Å²) in [5.74, 6) is 0.732. The van der Waals surface area contributed by atoms with E-state index < -0.39 is 17.9 Å². The van der Waals surface area contributed by atoms with Crippen molar-refractivity contribution in [1.82, 2.24) is 10.2 Å². The van der Waals surface area contributed by atoms with Gasteiger partial charge in [0.25, 0.3) is 5.91 Å². The first kappa shape index (κ1) is 23.6. The van der Waals surface area contributed by atoms with Crippen molar-refractivity contribution >= 4 is 11.9 Å². The van der Waals surface area contributed by atoms with E-state index in [9.17, 15) is 15.0 Å². The largest absolute Gasteiger partial charge is 0.490 e. The van der Waals surface area contributed by atoms with Gasteiger partial charge in [0, 0.05) is 17.5 Å². The van der Waals surface area contributed by atoms with Crippen molar-refractivity contribution in [2.45, 2.75) is 75.9 Å². The van der Waals surface area contributed by atoms with E-state index in [1.165, 1.54) is 0 Å². The highest BCUT2D eigenvalue weighted by Crippen LogP contribution is 2.43. The molecule has 8 nitrogen and oxygen atoms in total. The molecule has 2 heterocycles. The Morgan fingerprint density at radius 3 is 2.69 bits per heavy atom. The lowest BCUT2D eigenvalue weighted by molar-refractivity contribution is -0.0341. The number of hydrogen-bond acceptors (Lipinski definition) is 7. The number of benzene rings is 2. The van der Waals surface area contributed by atoms with Gasteiger partial charge in [-0.15, -0.1) is 0 Å². The van der Waals surface area contributed by atoms with Crippen LogP contribution in [-0.4, -0.2) is 51.0 Å². The lowest BCUT2D eigenvalue weighted by Gasteiger charge is -2.48. The molecule has 3 aliphatic rings. The molecular formula is C27H34N4O4. The Morgan fingerprint density at radius 2 is 1.97 bits per heavy atom. The smallest absolute Gasteiger partial charge is 0.251 e. The predicted octanol–water partition coefficient (Wildman–Crippen LogP) is 2.80. The summed E-state index contributed by atoms with van der Waals surface area (Å²) in [6.07, 6.45) is 2.18. The maximum absolute atomic E-state index is 13.3. The molecule has 0 fully saturated rings. The maximum atomic E-state index is 13.3. The molecule has 0 saturated heterocycles. The number of para-hydroxylation sites is 1. The molecule has 0 radical (unpaired) electrons. The van der Waals surface area contributed by atoms with Gasteiger partial charge in [-0.25, -0.2) is 4.99 Å². The summed E-state index contributed by atoms with van der Waals surface area (Å²) >= 11 is 0. The van der Waals surface area contributed by atoms with Crippen LogP contribution in [0.3, 0.4) is 0 Å². The Hall–Kier alpha value is -3.10. The van der Waals surface area contributed by atoms with E-state index in [2.05, 4.69) is 19.2 Å². The van der Waals surface area contributed by atoms with Gasteiger partial charge in [-0.3, -0.25) is 4.79 Å². The predicted molar refractivity (Wildman–Crippen MR) is 133 cm³/mol. The Labute approximate surface area is 205 Å². The Morgan fingerprint density at radius 1 is 1.23 bits per heavy atom. The van der Waals surface area contributed by atoms with Crippen molar-refractivity contribution in [3.05, 3.63) is 64.7 Å². The molecule has 2 aliphatic heterocycles. The first-order valence-electron chi connectivity index (χ1n) is 12.4. The third-order valence-electron chi connectivity index (χ3n) is 7.98. The highest BCUT2D eigenvalue weighted by atomic mass is 16.5. The number of nitrogens with zero attached hydrogens (tertiary/aromatic N) is 2. The molecule has 8 heteroatoms. The maximum Gasteiger partial charge on any atom is 0.251 e. The summed E-state index contributed by atoms with van der Waals surface area (Å²) in [5.41, 5.74) is 8.11. The lowest BCUT2D eigenvalue weighted by atomic mass is 9.79. The summed E-state index contributed by atoms with van der Waals surface area (Å²) in [5, 5.41) is 24.9. The standard InChI is InChI=1S/C27H34N4O4/c1-4-27(5-2)14-22(32)31(25(28)30-27)20-13-16-10-11-17(12-19(16)20)24(33)29-23-18-8-6-7-9-21(18)35-15-26(23,3)34/h6-12,20,22-23,32,34H,4-5,13-15H2,1-3H3,(H2,28,30)(H,29,33)/t20?,22?,23-,26-/m1/s1. The third-order valence-corrected chi connectivity index (χ3v) is 7.98. The monoisotopic (exact) mass is 478 g/mol. The molecular weight excluding hydrogens is 444 g/mol. The molecule has 2 aromatic rings. The van der Waals surface area contributed by atoms with Gasteiger partial charge >= 0.3 is 0 Å². The fraction of sp³-hybridized carbons (Fsp3) is 0.481. The molecule has 0 aromatic heterocycles. The van der Waals surface area contributed by atoms with E-state index in [-0.39, 0.29) is 24.1 Å². The molecule has 1 amide bonds. The molecule has 4 atom stereocenters.